The molecule has 0 radical (unpaired) electrons. The Morgan fingerprint density at radius 2 is 1.69 bits per heavy atom. The van der Waals surface area contributed by atoms with Crippen molar-refractivity contribution in [2.24, 2.45) is 0 Å². The Hall–Kier alpha value is -4.00. The topological polar surface area (TPSA) is 77.2 Å². The molecule has 4 rings (SSSR count). The largest absolute Gasteiger partial charge is 0.483 e. The average Bonchev–Trinajstić information content (AvgIpc) is 3.24. The molecule has 3 aromatic carbocycles. The number of hydrogen-bond donors (Lipinski definition) is 1. The molecule has 0 atom stereocenters. The predicted octanol–water partition coefficient (Wildman–Crippen LogP) is 4.56. The number of anilines is 1. The monoisotopic (exact) mass is 389 g/mol. The molecule has 6 nitrogen and oxygen atoms in total. The molecule has 7 heteroatoms. The van der Waals surface area contributed by atoms with Gasteiger partial charge in [-0.1, -0.05) is 35.5 Å². The lowest BCUT2D eigenvalue weighted by atomic mass is 10.2. The second-order valence-corrected chi connectivity index (χ2v) is 6.13. The minimum absolute atomic E-state index is 0.172. The molecule has 1 N–H and O–H groups in total. The van der Waals surface area contributed by atoms with Gasteiger partial charge in [-0.2, -0.15) is 4.98 Å². The summed E-state index contributed by atoms with van der Waals surface area (Å²) in [5.74, 6) is 0.384. The summed E-state index contributed by atoms with van der Waals surface area (Å²) in [4.78, 5) is 16.5. The molecular weight excluding hydrogens is 373 g/mol. The summed E-state index contributed by atoms with van der Waals surface area (Å²) in [6.45, 7) is -0.172. The maximum Gasteiger partial charge on any atom is 0.262 e. The van der Waals surface area contributed by atoms with E-state index < -0.39 is 0 Å². The SMILES string of the molecule is O=C(COc1ccccc1-c1noc(-c2ccc(F)cc2)n1)Nc1ccccc1. The number of carbonyl (C=O) groups is 1. The zero-order chi connectivity index (χ0) is 20.1. The molecule has 0 saturated carbocycles. The van der Waals surface area contributed by atoms with Crippen LogP contribution in [0.15, 0.2) is 83.4 Å². The Labute approximate surface area is 166 Å². The lowest BCUT2D eigenvalue weighted by molar-refractivity contribution is -0.118. The van der Waals surface area contributed by atoms with Crippen molar-refractivity contribution in [1.29, 1.82) is 0 Å². The summed E-state index contributed by atoms with van der Waals surface area (Å²) in [7, 11) is 0. The summed E-state index contributed by atoms with van der Waals surface area (Å²) < 4.78 is 24.1. The third-order valence-electron chi connectivity index (χ3n) is 4.06. The Morgan fingerprint density at radius 3 is 2.48 bits per heavy atom. The van der Waals surface area contributed by atoms with E-state index in [-0.39, 0.29) is 24.2 Å². The quantitative estimate of drug-likeness (QED) is 0.523. The van der Waals surface area contributed by atoms with Crippen LogP contribution < -0.4 is 10.1 Å². The maximum atomic E-state index is 13.1. The number of aromatic nitrogens is 2. The first-order chi connectivity index (χ1) is 14.2. The maximum absolute atomic E-state index is 13.1. The molecular formula is C22H16FN3O3. The molecule has 0 aliphatic heterocycles. The number of amides is 1. The van der Waals surface area contributed by atoms with Crippen molar-refractivity contribution in [3.8, 4) is 28.6 Å². The first kappa shape index (κ1) is 18.4. The summed E-state index contributed by atoms with van der Waals surface area (Å²) in [5.41, 5.74) is 1.87. The van der Waals surface area contributed by atoms with Crippen molar-refractivity contribution in [3.63, 3.8) is 0 Å². The zero-order valence-electron chi connectivity index (χ0n) is 15.2. The second-order valence-electron chi connectivity index (χ2n) is 6.13. The fraction of sp³-hybridized carbons (Fsp3) is 0.0455. The summed E-state index contributed by atoms with van der Waals surface area (Å²) in [6.07, 6.45) is 0. The average molecular weight is 389 g/mol. The van der Waals surface area contributed by atoms with Crippen LogP contribution in [-0.2, 0) is 4.79 Å². The Bertz CT molecular complexity index is 1110. The number of halogens is 1. The van der Waals surface area contributed by atoms with Crippen molar-refractivity contribution in [2.45, 2.75) is 0 Å². The number of hydrogen-bond acceptors (Lipinski definition) is 5. The highest BCUT2D eigenvalue weighted by Crippen LogP contribution is 2.29. The van der Waals surface area contributed by atoms with Gasteiger partial charge in [-0.05, 0) is 48.5 Å². The minimum Gasteiger partial charge on any atom is -0.483 e. The van der Waals surface area contributed by atoms with E-state index in [9.17, 15) is 9.18 Å². The molecule has 1 heterocycles. The van der Waals surface area contributed by atoms with Crippen LogP contribution in [0.25, 0.3) is 22.8 Å². The molecule has 0 unspecified atom stereocenters. The van der Waals surface area contributed by atoms with Crippen molar-refractivity contribution in [3.05, 3.63) is 84.7 Å². The van der Waals surface area contributed by atoms with E-state index in [0.29, 0.717) is 28.4 Å². The highest BCUT2D eigenvalue weighted by atomic mass is 19.1. The number of carbonyl (C=O) groups excluding carboxylic acids is 1. The number of nitrogens with zero attached hydrogens (tertiary/aromatic N) is 2. The summed E-state index contributed by atoms with van der Waals surface area (Å²) >= 11 is 0. The third-order valence-corrected chi connectivity index (χ3v) is 4.06. The van der Waals surface area contributed by atoms with E-state index in [2.05, 4.69) is 15.5 Å². The van der Waals surface area contributed by atoms with Gasteiger partial charge in [0.2, 0.25) is 5.82 Å². The van der Waals surface area contributed by atoms with E-state index in [4.69, 9.17) is 9.26 Å². The van der Waals surface area contributed by atoms with Crippen LogP contribution in [0.2, 0.25) is 0 Å². The fourth-order valence-corrected chi connectivity index (χ4v) is 2.68. The Balaban J connectivity index is 1.48. The van der Waals surface area contributed by atoms with Crippen molar-refractivity contribution in [1.82, 2.24) is 10.1 Å². The van der Waals surface area contributed by atoms with Crippen LogP contribution >= 0.6 is 0 Å². The van der Waals surface area contributed by atoms with E-state index in [1.165, 1.54) is 12.1 Å². The van der Waals surface area contributed by atoms with Gasteiger partial charge in [0, 0.05) is 11.3 Å². The van der Waals surface area contributed by atoms with Crippen LogP contribution in [0.4, 0.5) is 10.1 Å². The van der Waals surface area contributed by atoms with Crippen LogP contribution in [0.5, 0.6) is 5.75 Å². The smallest absolute Gasteiger partial charge is 0.262 e. The van der Waals surface area contributed by atoms with E-state index in [1.807, 2.05) is 18.2 Å². The molecule has 29 heavy (non-hydrogen) atoms. The zero-order valence-corrected chi connectivity index (χ0v) is 15.2. The van der Waals surface area contributed by atoms with Crippen LogP contribution in [-0.4, -0.2) is 22.7 Å². The Morgan fingerprint density at radius 1 is 0.966 bits per heavy atom. The molecule has 1 amide bonds. The Kier molecular flexibility index (Phi) is 5.29. The molecule has 4 aromatic rings. The normalized spacial score (nSPS) is 10.5. The fourth-order valence-electron chi connectivity index (χ4n) is 2.68. The molecule has 144 valence electrons. The van der Waals surface area contributed by atoms with Crippen molar-refractivity contribution >= 4 is 11.6 Å². The van der Waals surface area contributed by atoms with Gasteiger partial charge in [0.1, 0.15) is 11.6 Å². The summed E-state index contributed by atoms with van der Waals surface area (Å²) in [6, 6.07) is 22.0. The molecule has 1 aromatic heterocycles. The standard InChI is InChI=1S/C22H16FN3O3/c23-16-12-10-15(11-13-16)22-25-21(26-29-22)18-8-4-5-9-19(18)28-14-20(27)24-17-6-2-1-3-7-17/h1-13H,14H2,(H,24,27). The van der Waals surface area contributed by atoms with Gasteiger partial charge in [0.25, 0.3) is 11.8 Å². The second kappa shape index (κ2) is 8.35. The highest BCUT2D eigenvalue weighted by Gasteiger charge is 2.15. The molecule has 0 aliphatic rings. The lowest BCUT2D eigenvalue weighted by Gasteiger charge is -2.09. The van der Waals surface area contributed by atoms with E-state index >= 15 is 0 Å². The van der Waals surface area contributed by atoms with E-state index in [0.717, 1.165) is 0 Å². The van der Waals surface area contributed by atoms with Crippen molar-refractivity contribution in [2.75, 3.05) is 11.9 Å². The third kappa shape index (κ3) is 4.47. The minimum atomic E-state index is -0.346. The van der Waals surface area contributed by atoms with Crippen LogP contribution in [0.1, 0.15) is 0 Å². The molecule has 0 fully saturated rings. The lowest BCUT2D eigenvalue weighted by Crippen LogP contribution is -2.20. The number of nitrogens with one attached hydrogen (secondary N) is 1. The summed E-state index contributed by atoms with van der Waals surface area (Å²) in [5, 5.41) is 6.74. The number of benzene rings is 3. The van der Waals surface area contributed by atoms with Crippen LogP contribution in [0.3, 0.4) is 0 Å². The van der Waals surface area contributed by atoms with Gasteiger partial charge >= 0.3 is 0 Å². The molecule has 0 aliphatic carbocycles. The first-order valence-electron chi connectivity index (χ1n) is 8.86. The molecule has 0 bridgehead atoms. The van der Waals surface area contributed by atoms with Gasteiger partial charge < -0.3 is 14.6 Å². The number of rotatable bonds is 6. The van der Waals surface area contributed by atoms with Gasteiger partial charge in [0.15, 0.2) is 6.61 Å². The van der Waals surface area contributed by atoms with E-state index in [1.54, 1.807) is 48.5 Å². The number of para-hydroxylation sites is 2. The van der Waals surface area contributed by atoms with Gasteiger partial charge in [0.05, 0.1) is 5.56 Å². The van der Waals surface area contributed by atoms with Crippen LogP contribution in [0, 0.1) is 5.82 Å². The van der Waals surface area contributed by atoms with Gasteiger partial charge in [-0.15, -0.1) is 0 Å². The predicted molar refractivity (Wildman–Crippen MR) is 106 cm³/mol. The van der Waals surface area contributed by atoms with Gasteiger partial charge in [-0.25, -0.2) is 4.39 Å². The van der Waals surface area contributed by atoms with Gasteiger partial charge in [-0.3, -0.25) is 4.79 Å². The molecule has 0 spiro atoms. The van der Waals surface area contributed by atoms with Crippen molar-refractivity contribution < 1.29 is 18.4 Å². The first-order valence-corrected chi connectivity index (χ1v) is 8.86. The highest BCUT2D eigenvalue weighted by molar-refractivity contribution is 5.91. The molecule has 0 saturated heterocycles. The number of ether oxygens (including phenoxy) is 1.